The van der Waals surface area contributed by atoms with Crippen LogP contribution in [0.3, 0.4) is 0 Å². The first-order chi connectivity index (χ1) is 7.51. The summed E-state index contributed by atoms with van der Waals surface area (Å²) < 4.78 is 28.0. The highest BCUT2D eigenvalue weighted by atomic mass is 32.2. The van der Waals surface area contributed by atoms with Crippen LogP contribution < -0.4 is 10.0 Å². The molecule has 0 unspecified atom stereocenters. The Hall–Kier alpha value is -0.850. The Labute approximate surface area is 96.9 Å². The first-order valence-corrected chi connectivity index (χ1v) is 6.79. The van der Waals surface area contributed by atoms with E-state index in [-0.39, 0.29) is 0 Å². The second kappa shape index (κ2) is 5.47. The van der Waals surface area contributed by atoms with E-state index < -0.39 is 10.0 Å². The van der Waals surface area contributed by atoms with Gasteiger partial charge in [0.05, 0.1) is 4.90 Å². The van der Waals surface area contributed by atoms with Gasteiger partial charge >= 0.3 is 0 Å². The van der Waals surface area contributed by atoms with E-state index in [0.29, 0.717) is 18.0 Å². The van der Waals surface area contributed by atoms with Crippen LogP contribution in [0.5, 0.6) is 0 Å². The van der Waals surface area contributed by atoms with Gasteiger partial charge in [-0.05, 0) is 19.5 Å². The quantitative estimate of drug-likeness (QED) is 0.764. The molecule has 0 aromatic carbocycles. The van der Waals surface area contributed by atoms with Gasteiger partial charge in [0.1, 0.15) is 0 Å². The van der Waals surface area contributed by atoms with Gasteiger partial charge in [-0.2, -0.15) is 0 Å². The Morgan fingerprint density at radius 3 is 2.69 bits per heavy atom. The number of nitrogens with one attached hydrogen (secondary N) is 2. The lowest BCUT2D eigenvalue weighted by Crippen LogP contribution is -2.23. The van der Waals surface area contributed by atoms with E-state index >= 15 is 0 Å². The normalized spacial score (nSPS) is 11.9. The molecule has 0 bridgehead atoms. The van der Waals surface area contributed by atoms with Gasteiger partial charge in [-0.25, -0.2) is 13.1 Å². The lowest BCUT2D eigenvalue weighted by molar-refractivity contribution is 0.580. The van der Waals surface area contributed by atoms with Crippen LogP contribution in [0.1, 0.15) is 19.0 Å². The Morgan fingerprint density at radius 2 is 2.12 bits per heavy atom. The molecule has 0 spiro atoms. The summed E-state index contributed by atoms with van der Waals surface area (Å²) in [5.41, 5.74) is 0.944. The zero-order valence-corrected chi connectivity index (χ0v) is 10.8. The molecule has 1 aromatic heterocycles. The summed E-state index contributed by atoms with van der Waals surface area (Å²) in [7, 11) is 0.328. The van der Waals surface area contributed by atoms with Gasteiger partial charge in [0, 0.05) is 32.0 Å². The largest absolute Gasteiger partial charge is 0.352 e. The van der Waals surface area contributed by atoms with Crippen molar-refractivity contribution in [2.75, 3.05) is 13.6 Å². The highest BCUT2D eigenvalue weighted by molar-refractivity contribution is 7.89. The summed E-state index contributed by atoms with van der Waals surface area (Å²) in [5, 5.41) is 3.00. The third kappa shape index (κ3) is 3.07. The van der Waals surface area contributed by atoms with E-state index in [4.69, 9.17) is 0 Å². The van der Waals surface area contributed by atoms with Gasteiger partial charge in [-0.3, -0.25) is 0 Å². The molecule has 1 rings (SSSR count). The fourth-order valence-corrected chi connectivity index (χ4v) is 2.63. The van der Waals surface area contributed by atoms with Crippen molar-refractivity contribution in [3.63, 3.8) is 0 Å². The average molecular weight is 245 g/mol. The van der Waals surface area contributed by atoms with Crippen LogP contribution in [0.15, 0.2) is 17.2 Å². The molecule has 0 radical (unpaired) electrons. The SMILES string of the molecule is CCCNS(=O)(=O)c1cc(CNC)n(C)c1. The molecule has 16 heavy (non-hydrogen) atoms. The van der Waals surface area contributed by atoms with Crippen LogP contribution in [-0.4, -0.2) is 26.6 Å². The number of hydrogen-bond donors (Lipinski definition) is 2. The monoisotopic (exact) mass is 245 g/mol. The van der Waals surface area contributed by atoms with Crippen molar-refractivity contribution in [1.82, 2.24) is 14.6 Å². The molecule has 0 aliphatic rings. The first kappa shape index (κ1) is 13.2. The topological polar surface area (TPSA) is 63.1 Å². The molecular formula is C10H19N3O2S. The van der Waals surface area contributed by atoms with Crippen LogP contribution in [-0.2, 0) is 23.6 Å². The second-order valence-electron chi connectivity index (χ2n) is 3.71. The van der Waals surface area contributed by atoms with Crippen molar-refractivity contribution >= 4 is 10.0 Å². The summed E-state index contributed by atoms with van der Waals surface area (Å²) in [4.78, 5) is 0.328. The number of aromatic nitrogens is 1. The maximum Gasteiger partial charge on any atom is 0.242 e. The Morgan fingerprint density at radius 1 is 1.44 bits per heavy atom. The summed E-state index contributed by atoms with van der Waals surface area (Å²) in [6.07, 6.45) is 2.42. The van der Waals surface area contributed by atoms with Crippen molar-refractivity contribution in [3.8, 4) is 0 Å². The molecule has 0 amide bonds. The van der Waals surface area contributed by atoms with Crippen molar-refractivity contribution in [2.24, 2.45) is 7.05 Å². The van der Waals surface area contributed by atoms with E-state index in [1.54, 1.807) is 12.3 Å². The smallest absolute Gasteiger partial charge is 0.242 e. The molecule has 2 N–H and O–H groups in total. The lowest BCUT2D eigenvalue weighted by atomic mass is 10.4. The van der Waals surface area contributed by atoms with E-state index in [1.807, 2.05) is 25.6 Å². The Kier molecular flexibility index (Phi) is 4.52. The third-order valence-corrected chi connectivity index (χ3v) is 3.72. The summed E-state index contributed by atoms with van der Waals surface area (Å²) in [5.74, 6) is 0. The molecule has 6 heteroatoms. The predicted molar refractivity (Wildman–Crippen MR) is 63.7 cm³/mol. The second-order valence-corrected chi connectivity index (χ2v) is 5.47. The van der Waals surface area contributed by atoms with Crippen LogP contribution in [0, 0.1) is 0 Å². The minimum atomic E-state index is -3.34. The van der Waals surface area contributed by atoms with Crippen molar-refractivity contribution in [1.29, 1.82) is 0 Å². The number of nitrogens with zero attached hydrogens (tertiary/aromatic N) is 1. The van der Waals surface area contributed by atoms with Crippen molar-refractivity contribution < 1.29 is 8.42 Å². The summed E-state index contributed by atoms with van der Waals surface area (Å²) >= 11 is 0. The van der Waals surface area contributed by atoms with Gasteiger partial charge in [0.15, 0.2) is 0 Å². The number of hydrogen-bond acceptors (Lipinski definition) is 3. The molecule has 0 fully saturated rings. The minimum absolute atomic E-state index is 0.328. The number of aryl methyl sites for hydroxylation is 1. The van der Waals surface area contributed by atoms with Crippen molar-refractivity contribution in [3.05, 3.63) is 18.0 Å². The molecule has 0 atom stereocenters. The van der Waals surface area contributed by atoms with E-state index in [9.17, 15) is 8.42 Å². The molecule has 0 aliphatic carbocycles. The highest BCUT2D eigenvalue weighted by Crippen LogP contribution is 2.13. The third-order valence-electron chi connectivity index (χ3n) is 2.29. The van der Waals surface area contributed by atoms with Crippen molar-refractivity contribution in [2.45, 2.75) is 24.8 Å². The maximum atomic E-state index is 11.8. The number of sulfonamides is 1. The van der Waals surface area contributed by atoms with E-state index in [2.05, 4.69) is 10.0 Å². The highest BCUT2D eigenvalue weighted by Gasteiger charge is 2.16. The molecule has 5 nitrogen and oxygen atoms in total. The van der Waals surface area contributed by atoms with Gasteiger partial charge in [-0.1, -0.05) is 6.92 Å². The molecular weight excluding hydrogens is 226 g/mol. The van der Waals surface area contributed by atoms with E-state index in [1.165, 1.54) is 0 Å². The van der Waals surface area contributed by atoms with E-state index in [0.717, 1.165) is 12.1 Å². The fourth-order valence-electron chi connectivity index (χ4n) is 1.40. The minimum Gasteiger partial charge on any atom is -0.352 e. The molecule has 0 aliphatic heterocycles. The molecule has 92 valence electrons. The average Bonchev–Trinajstić information content (AvgIpc) is 2.59. The van der Waals surface area contributed by atoms with Crippen LogP contribution in [0.25, 0.3) is 0 Å². The number of rotatable bonds is 6. The zero-order valence-electron chi connectivity index (χ0n) is 9.95. The lowest BCUT2D eigenvalue weighted by Gasteiger charge is -2.01. The van der Waals surface area contributed by atoms with Crippen LogP contribution in [0.2, 0.25) is 0 Å². The van der Waals surface area contributed by atoms with Gasteiger partial charge in [-0.15, -0.1) is 0 Å². The fraction of sp³-hybridized carbons (Fsp3) is 0.600. The Balaban J connectivity index is 2.91. The summed E-state index contributed by atoms with van der Waals surface area (Å²) in [6.45, 7) is 3.05. The molecule has 0 saturated heterocycles. The van der Waals surface area contributed by atoms with Gasteiger partial charge in [0.2, 0.25) is 10.0 Å². The zero-order chi connectivity index (χ0) is 12.2. The maximum absolute atomic E-state index is 11.8. The predicted octanol–water partition coefficient (Wildman–Crippen LogP) is 0.433. The van der Waals surface area contributed by atoms with Gasteiger partial charge in [0.25, 0.3) is 0 Å². The first-order valence-electron chi connectivity index (χ1n) is 5.30. The molecule has 1 heterocycles. The molecule has 1 aromatic rings. The summed E-state index contributed by atoms with van der Waals surface area (Å²) in [6, 6.07) is 1.69. The van der Waals surface area contributed by atoms with Crippen LogP contribution in [0.4, 0.5) is 0 Å². The van der Waals surface area contributed by atoms with Crippen LogP contribution >= 0.6 is 0 Å². The Bertz CT molecular complexity index is 437. The van der Waals surface area contributed by atoms with Gasteiger partial charge < -0.3 is 9.88 Å². The standard InChI is InChI=1S/C10H19N3O2S/c1-4-5-12-16(14,15)10-6-9(7-11-2)13(3)8-10/h6,8,11-12H,4-5,7H2,1-3H3. The molecule has 0 saturated carbocycles.